The summed E-state index contributed by atoms with van der Waals surface area (Å²) in [5.74, 6) is -0.501. The second kappa shape index (κ2) is 6.37. The van der Waals surface area contributed by atoms with Crippen molar-refractivity contribution in [2.45, 2.75) is 13.3 Å². The van der Waals surface area contributed by atoms with Crippen LogP contribution in [0.4, 0.5) is 15.2 Å². The first kappa shape index (κ1) is 15.7. The third-order valence-corrected chi connectivity index (χ3v) is 4.47. The van der Waals surface area contributed by atoms with Gasteiger partial charge in [-0.15, -0.1) is 11.3 Å². The van der Waals surface area contributed by atoms with Crippen molar-refractivity contribution in [2.24, 2.45) is 0 Å². The molecule has 0 saturated heterocycles. The summed E-state index contributed by atoms with van der Waals surface area (Å²) in [5.41, 5.74) is 6.42. The number of nitrogens with one attached hydrogen (secondary N) is 2. The summed E-state index contributed by atoms with van der Waals surface area (Å²) in [6.45, 7) is 2.19. The molecule has 21 heavy (non-hydrogen) atoms. The number of anilines is 2. The van der Waals surface area contributed by atoms with Gasteiger partial charge in [-0.3, -0.25) is 0 Å². The Morgan fingerprint density at radius 2 is 2.19 bits per heavy atom. The highest BCUT2D eigenvalue weighted by Crippen LogP contribution is 2.28. The molecule has 6 nitrogen and oxygen atoms in total. The van der Waals surface area contributed by atoms with Crippen LogP contribution in [0.25, 0.3) is 11.3 Å². The van der Waals surface area contributed by atoms with Gasteiger partial charge < -0.3 is 5.73 Å². The number of nitrogens with two attached hydrogens (primary N) is 1. The van der Waals surface area contributed by atoms with Crippen molar-refractivity contribution >= 4 is 32.4 Å². The highest BCUT2D eigenvalue weighted by atomic mass is 32.2. The van der Waals surface area contributed by atoms with Crippen LogP contribution in [0.1, 0.15) is 13.3 Å². The molecular formula is C12H15FN4O2S2. The van der Waals surface area contributed by atoms with Gasteiger partial charge in [0.1, 0.15) is 5.82 Å². The molecule has 0 aliphatic heterocycles. The Balaban J connectivity index is 2.18. The molecule has 4 N–H and O–H groups in total. The minimum Gasteiger partial charge on any atom is -0.399 e. The normalized spacial score (nSPS) is 11.5. The van der Waals surface area contributed by atoms with Crippen LogP contribution < -0.4 is 15.2 Å². The monoisotopic (exact) mass is 330 g/mol. The van der Waals surface area contributed by atoms with Crippen LogP contribution in [0.5, 0.6) is 0 Å². The minimum atomic E-state index is -3.65. The maximum atomic E-state index is 13.8. The van der Waals surface area contributed by atoms with E-state index in [1.165, 1.54) is 12.1 Å². The number of rotatable bonds is 6. The van der Waals surface area contributed by atoms with Crippen molar-refractivity contribution in [3.05, 3.63) is 29.4 Å². The lowest BCUT2D eigenvalue weighted by Crippen LogP contribution is -2.30. The van der Waals surface area contributed by atoms with Crippen LogP contribution in [-0.4, -0.2) is 19.9 Å². The topological polar surface area (TPSA) is 97.1 Å². The van der Waals surface area contributed by atoms with Crippen molar-refractivity contribution in [2.75, 3.05) is 17.0 Å². The van der Waals surface area contributed by atoms with E-state index in [2.05, 4.69) is 14.4 Å². The van der Waals surface area contributed by atoms with Gasteiger partial charge in [0.05, 0.1) is 5.69 Å². The summed E-state index contributed by atoms with van der Waals surface area (Å²) in [6, 6.07) is 4.26. The molecule has 0 radical (unpaired) electrons. The Morgan fingerprint density at radius 1 is 1.43 bits per heavy atom. The number of hydrogen-bond acceptors (Lipinski definition) is 5. The predicted molar refractivity (Wildman–Crippen MR) is 82.8 cm³/mol. The number of aromatic nitrogens is 1. The highest BCUT2D eigenvalue weighted by Gasteiger charge is 2.14. The van der Waals surface area contributed by atoms with Crippen molar-refractivity contribution in [3.63, 3.8) is 0 Å². The van der Waals surface area contributed by atoms with Crippen molar-refractivity contribution < 1.29 is 12.8 Å². The Kier molecular flexibility index (Phi) is 4.76. The molecule has 0 unspecified atom stereocenters. The average Bonchev–Trinajstić information content (AvgIpc) is 2.84. The van der Waals surface area contributed by atoms with E-state index < -0.39 is 16.0 Å². The molecule has 0 fully saturated rings. The second-order valence-electron chi connectivity index (χ2n) is 4.28. The van der Waals surface area contributed by atoms with Crippen LogP contribution in [-0.2, 0) is 10.2 Å². The lowest BCUT2D eigenvalue weighted by atomic mass is 10.1. The van der Waals surface area contributed by atoms with Crippen LogP contribution in [0.3, 0.4) is 0 Å². The zero-order valence-electron chi connectivity index (χ0n) is 11.3. The lowest BCUT2D eigenvalue weighted by Gasteiger charge is -2.05. The Hall–Kier alpha value is -1.71. The maximum absolute atomic E-state index is 13.8. The molecule has 2 aromatic rings. The maximum Gasteiger partial charge on any atom is 0.300 e. The first-order valence-electron chi connectivity index (χ1n) is 6.19. The zero-order valence-corrected chi connectivity index (χ0v) is 12.9. The molecule has 0 spiro atoms. The van der Waals surface area contributed by atoms with Gasteiger partial charge in [0.25, 0.3) is 0 Å². The molecule has 1 aromatic heterocycles. The quantitative estimate of drug-likeness (QED) is 0.707. The fourth-order valence-electron chi connectivity index (χ4n) is 1.57. The molecule has 0 aliphatic carbocycles. The number of benzene rings is 1. The summed E-state index contributed by atoms with van der Waals surface area (Å²) in [7, 11) is -3.65. The summed E-state index contributed by atoms with van der Waals surface area (Å²) < 4.78 is 41.8. The number of thiazole rings is 1. The lowest BCUT2D eigenvalue weighted by molar-refractivity contribution is 0.586. The van der Waals surface area contributed by atoms with Crippen molar-refractivity contribution in [1.82, 2.24) is 9.71 Å². The van der Waals surface area contributed by atoms with E-state index >= 15 is 0 Å². The standard InChI is InChI=1S/C12H15FN4O2S2/c1-2-5-15-21(18,19)17-12-16-11(7-20-12)9-4-3-8(14)6-10(9)13/h3-4,6-7,15H,2,5,14H2,1H3,(H,16,17). The van der Waals surface area contributed by atoms with Crippen LogP contribution in [0.15, 0.2) is 23.6 Å². The van der Waals surface area contributed by atoms with Gasteiger partial charge in [-0.25, -0.2) is 14.1 Å². The molecule has 9 heteroatoms. The van der Waals surface area contributed by atoms with Gasteiger partial charge in [-0.05, 0) is 24.6 Å². The summed E-state index contributed by atoms with van der Waals surface area (Å²) in [4.78, 5) is 4.07. The first-order valence-corrected chi connectivity index (χ1v) is 8.56. The first-order chi connectivity index (χ1) is 9.91. The summed E-state index contributed by atoms with van der Waals surface area (Å²) in [5, 5.41) is 1.75. The Bertz CT molecular complexity index is 731. The van der Waals surface area contributed by atoms with Gasteiger partial charge in [0.2, 0.25) is 0 Å². The fraction of sp³-hybridized carbons (Fsp3) is 0.250. The Labute approximate surface area is 126 Å². The van der Waals surface area contributed by atoms with E-state index in [9.17, 15) is 12.8 Å². The molecule has 2 rings (SSSR count). The van der Waals surface area contributed by atoms with Crippen LogP contribution in [0.2, 0.25) is 0 Å². The largest absolute Gasteiger partial charge is 0.399 e. The van der Waals surface area contributed by atoms with E-state index in [1.54, 1.807) is 11.4 Å². The third kappa shape index (κ3) is 4.13. The van der Waals surface area contributed by atoms with Crippen molar-refractivity contribution in [1.29, 1.82) is 0 Å². The van der Waals surface area contributed by atoms with E-state index in [-0.39, 0.29) is 10.7 Å². The minimum absolute atomic E-state index is 0.171. The molecule has 1 heterocycles. The molecule has 0 aliphatic rings. The van der Waals surface area contributed by atoms with Gasteiger partial charge >= 0.3 is 10.2 Å². The third-order valence-electron chi connectivity index (χ3n) is 2.54. The van der Waals surface area contributed by atoms with Gasteiger partial charge in [0.15, 0.2) is 5.13 Å². The zero-order chi connectivity index (χ0) is 15.5. The molecular weight excluding hydrogens is 315 g/mol. The van der Waals surface area contributed by atoms with Crippen LogP contribution >= 0.6 is 11.3 Å². The van der Waals surface area contributed by atoms with Gasteiger partial charge in [-0.1, -0.05) is 6.92 Å². The van der Waals surface area contributed by atoms with Gasteiger partial charge in [0, 0.05) is 23.2 Å². The average molecular weight is 330 g/mol. The van der Waals surface area contributed by atoms with Crippen LogP contribution in [0, 0.1) is 5.82 Å². The SMILES string of the molecule is CCCNS(=O)(=O)Nc1nc(-c2ccc(N)cc2F)cs1. The second-order valence-corrected chi connectivity index (χ2v) is 6.63. The number of nitrogen functional groups attached to an aromatic ring is 1. The number of hydrogen-bond donors (Lipinski definition) is 3. The molecule has 0 bridgehead atoms. The Morgan fingerprint density at radius 3 is 2.86 bits per heavy atom. The molecule has 0 saturated carbocycles. The number of nitrogens with zero attached hydrogens (tertiary/aromatic N) is 1. The van der Waals surface area contributed by atoms with E-state index in [0.717, 1.165) is 11.3 Å². The molecule has 0 atom stereocenters. The summed E-state index contributed by atoms with van der Waals surface area (Å²) >= 11 is 1.08. The fourth-order valence-corrected chi connectivity index (χ4v) is 3.47. The smallest absolute Gasteiger partial charge is 0.300 e. The predicted octanol–water partition coefficient (Wildman–Crippen LogP) is 2.19. The molecule has 114 valence electrons. The van der Waals surface area contributed by atoms with E-state index in [0.29, 0.717) is 24.3 Å². The number of halogens is 1. The highest BCUT2D eigenvalue weighted by molar-refractivity contribution is 7.91. The molecule has 0 amide bonds. The van der Waals surface area contributed by atoms with Gasteiger partial charge in [-0.2, -0.15) is 13.1 Å². The summed E-state index contributed by atoms with van der Waals surface area (Å²) in [6.07, 6.45) is 0.681. The van der Waals surface area contributed by atoms with E-state index in [1.807, 2.05) is 6.92 Å². The van der Waals surface area contributed by atoms with Crippen molar-refractivity contribution in [3.8, 4) is 11.3 Å². The molecule has 1 aromatic carbocycles. The van der Waals surface area contributed by atoms with E-state index in [4.69, 9.17) is 5.73 Å².